The van der Waals surface area contributed by atoms with E-state index in [9.17, 15) is 9.18 Å². The summed E-state index contributed by atoms with van der Waals surface area (Å²) in [6.07, 6.45) is 3.33. The quantitative estimate of drug-likeness (QED) is 0.772. The van der Waals surface area contributed by atoms with Crippen LogP contribution in [0.4, 0.5) is 4.39 Å². The second-order valence-electron chi connectivity index (χ2n) is 4.33. The molecule has 2 aromatic rings. The van der Waals surface area contributed by atoms with Crippen LogP contribution in [0.15, 0.2) is 42.7 Å². The first-order valence-corrected chi connectivity index (χ1v) is 5.80. The molecule has 92 valence electrons. The first kappa shape index (κ1) is 12.4. The lowest BCUT2D eigenvalue weighted by Gasteiger charge is -2.12. The number of aryl methyl sites for hydroxylation is 1. The normalized spacial score (nSPS) is 12.2. The molecule has 0 aliphatic carbocycles. The molecule has 0 spiro atoms. The van der Waals surface area contributed by atoms with Crippen LogP contribution in [0.25, 0.3) is 0 Å². The number of ketones is 1. The van der Waals surface area contributed by atoms with E-state index in [-0.39, 0.29) is 17.5 Å². The highest BCUT2D eigenvalue weighted by molar-refractivity contribution is 6.01. The fraction of sp³-hybridized carbons (Fsp3) is 0.200. The standard InChI is InChI=1S/C15H14FNO/c1-10-9-13(16)3-4-14(10)15(18)11(2)12-5-7-17-8-6-12/h3-9,11H,1-2H3. The van der Waals surface area contributed by atoms with E-state index in [2.05, 4.69) is 4.98 Å². The number of benzene rings is 1. The van der Waals surface area contributed by atoms with Crippen LogP contribution in [-0.4, -0.2) is 10.8 Å². The molecule has 0 saturated carbocycles. The Kier molecular flexibility index (Phi) is 3.51. The lowest BCUT2D eigenvalue weighted by atomic mass is 9.91. The molecule has 1 aromatic carbocycles. The number of carbonyl (C=O) groups is 1. The van der Waals surface area contributed by atoms with Crippen molar-refractivity contribution >= 4 is 5.78 Å². The molecule has 3 heteroatoms. The molecule has 0 saturated heterocycles. The Morgan fingerprint density at radius 2 is 1.89 bits per heavy atom. The molecule has 2 nitrogen and oxygen atoms in total. The van der Waals surface area contributed by atoms with E-state index in [4.69, 9.17) is 0 Å². The Hall–Kier alpha value is -2.03. The van der Waals surface area contributed by atoms with Gasteiger partial charge in [-0.2, -0.15) is 0 Å². The Morgan fingerprint density at radius 3 is 2.50 bits per heavy atom. The summed E-state index contributed by atoms with van der Waals surface area (Å²) in [6, 6.07) is 7.89. The number of hydrogen-bond acceptors (Lipinski definition) is 2. The number of halogens is 1. The van der Waals surface area contributed by atoms with Gasteiger partial charge in [0.1, 0.15) is 5.82 Å². The van der Waals surface area contributed by atoms with Gasteiger partial charge in [0.2, 0.25) is 0 Å². The van der Waals surface area contributed by atoms with Gasteiger partial charge in [0, 0.05) is 23.9 Å². The van der Waals surface area contributed by atoms with Crippen LogP contribution < -0.4 is 0 Å². The van der Waals surface area contributed by atoms with Crippen molar-refractivity contribution in [3.8, 4) is 0 Å². The number of aromatic nitrogens is 1. The van der Waals surface area contributed by atoms with Gasteiger partial charge in [-0.1, -0.05) is 6.92 Å². The van der Waals surface area contributed by atoms with Crippen LogP contribution in [-0.2, 0) is 0 Å². The minimum atomic E-state index is -0.319. The molecule has 0 bridgehead atoms. The van der Waals surface area contributed by atoms with Crippen molar-refractivity contribution in [2.45, 2.75) is 19.8 Å². The first-order valence-electron chi connectivity index (χ1n) is 5.80. The van der Waals surface area contributed by atoms with E-state index >= 15 is 0 Å². The van der Waals surface area contributed by atoms with Crippen molar-refractivity contribution in [1.29, 1.82) is 0 Å². The lowest BCUT2D eigenvalue weighted by Crippen LogP contribution is -2.11. The third-order valence-corrected chi connectivity index (χ3v) is 3.05. The number of Topliss-reactive ketones (excluding diaryl/α,β-unsaturated/α-hetero) is 1. The average molecular weight is 243 g/mol. The third-order valence-electron chi connectivity index (χ3n) is 3.05. The molecule has 18 heavy (non-hydrogen) atoms. The molecule has 0 amide bonds. The number of nitrogens with zero attached hydrogens (tertiary/aromatic N) is 1. The monoisotopic (exact) mass is 243 g/mol. The number of carbonyl (C=O) groups excluding carboxylic acids is 1. The van der Waals surface area contributed by atoms with Crippen LogP contribution >= 0.6 is 0 Å². The zero-order valence-corrected chi connectivity index (χ0v) is 10.4. The maximum Gasteiger partial charge on any atom is 0.170 e. The predicted octanol–water partition coefficient (Wildman–Crippen LogP) is 3.52. The summed E-state index contributed by atoms with van der Waals surface area (Å²) in [6.45, 7) is 3.59. The summed E-state index contributed by atoms with van der Waals surface area (Å²) in [4.78, 5) is 16.3. The number of pyridine rings is 1. The zero-order valence-electron chi connectivity index (χ0n) is 10.4. The maximum absolute atomic E-state index is 13.0. The van der Waals surface area contributed by atoms with E-state index in [0.29, 0.717) is 11.1 Å². The summed E-state index contributed by atoms with van der Waals surface area (Å²) in [7, 11) is 0. The summed E-state index contributed by atoms with van der Waals surface area (Å²) in [5, 5.41) is 0. The highest BCUT2D eigenvalue weighted by atomic mass is 19.1. The van der Waals surface area contributed by atoms with Gasteiger partial charge in [-0.05, 0) is 48.4 Å². The molecule has 0 fully saturated rings. The van der Waals surface area contributed by atoms with Crippen molar-refractivity contribution in [3.63, 3.8) is 0 Å². The lowest BCUT2D eigenvalue weighted by molar-refractivity contribution is 0.0965. The largest absolute Gasteiger partial charge is 0.293 e. The van der Waals surface area contributed by atoms with Gasteiger partial charge in [-0.25, -0.2) is 4.39 Å². The molecule has 2 rings (SSSR count). The second kappa shape index (κ2) is 5.08. The molecule has 1 heterocycles. The fourth-order valence-electron chi connectivity index (χ4n) is 1.94. The molecular formula is C15H14FNO. The van der Waals surface area contributed by atoms with Gasteiger partial charge in [-0.3, -0.25) is 9.78 Å². The van der Waals surface area contributed by atoms with E-state index in [1.54, 1.807) is 25.4 Å². The maximum atomic E-state index is 13.0. The van der Waals surface area contributed by atoms with Gasteiger partial charge < -0.3 is 0 Å². The van der Waals surface area contributed by atoms with Gasteiger partial charge in [0.05, 0.1) is 0 Å². The molecule has 0 N–H and O–H groups in total. The number of rotatable bonds is 3. The van der Waals surface area contributed by atoms with Gasteiger partial charge >= 0.3 is 0 Å². The van der Waals surface area contributed by atoms with Crippen LogP contribution in [0.3, 0.4) is 0 Å². The van der Waals surface area contributed by atoms with Crippen LogP contribution in [0.2, 0.25) is 0 Å². The summed E-state index contributed by atoms with van der Waals surface area (Å²) in [5.41, 5.74) is 2.15. The Bertz CT molecular complexity index is 566. The highest BCUT2D eigenvalue weighted by Gasteiger charge is 2.18. The minimum absolute atomic E-state index is 0.00120. The van der Waals surface area contributed by atoms with E-state index < -0.39 is 0 Å². The number of hydrogen-bond donors (Lipinski definition) is 0. The summed E-state index contributed by atoms with van der Waals surface area (Å²) < 4.78 is 13.0. The Labute approximate surface area is 105 Å². The topological polar surface area (TPSA) is 30.0 Å². The molecule has 1 unspecified atom stereocenters. The van der Waals surface area contributed by atoms with E-state index in [1.807, 2.05) is 19.1 Å². The van der Waals surface area contributed by atoms with Crippen LogP contribution in [0.1, 0.15) is 34.3 Å². The Morgan fingerprint density at radius 1 is 1.22 bits per heavy atom. The molecule has 0 radical (unpaired) electrons. The van der Waals surface area contributed by atoms with Crippen molar-refractivity contribution in [3.05, 3.63) is 65.2 Å². The van der Waals surface area contributed by atoms with Gasteiger partial charge in [0.15, 0.2) is 5.78 Å². The molecule has 1 atom stereocenters. The van der Waals surface area contributed by atoms with Crippen LogP contribution in [0.5, 0.6) is 0 Å². The molecular weight excluding hydrogens is 229 g/mol. The van der Waals surface area contributed by atoms with Gasteiger partial charge in [0.25, 0.3) is 0 Å². The molecule has 0 aliphatic heterocycles. The van der Waals surface area contributed by atoms with Crippen molar-refractivity contribution in [1.82, 2.24) is 4.98 Å². The fourth-order valence-corrected chi connectivity index (χ4v) is 1.94. The highest BCUT2D eigenvalue weighted by Crippen LogP contribution is 2.22. The SMILES string of the molecule is Cc1cc(F)ccc1C(=O)C(C)c1ccncc1. The third kappa shape index (κ3) is 2.45. The minimum Gasteiger partial charge on any atom is -0.293 e. The van der Waals surface area contributed by atoms with Gasteiger partial charge in [-0.15, -0.1) is 0 Å². The smallest absolute Gasteiger partial charge is 0.170 e. The second-order valence-corrected chi connectivity index (χ2v) is 4.33. The molecule has 1 aromatic heterocycles. The Balaban J connectivity index is 2.32. The predicted molar refractivity (Wildman–Crippen MR) is 68.1 cm³/mol. The van der Waals surface area contributed by atoms with E-state index in [0.717, 1.165) is 5.56 Å². The average Bonchev–Trinajstić information content (AvgIpc) is 2.38. The van der Waals surface area contributed by atoms with Crippen molar-refractivity contribution in [2.24, 2.45) is 0 Å². The first-order chi connectivity index (χ1) is 8.59. The van der Waals surface area contributed by atoms with E-state index in [1.165, 1.54) is 12.1 Å². The zero-order chi connectivity index (χ0) is 13.1. The summed E-state index contributed by atoms with van der Waals surface area (Å²) in [5.74, 6) is -0.573. The van der Waals surface area contributed by atoms with Crippen molar-refractivity contribution < 1.29 is 9.18 Å². The van der Waals surface area contributed by atoms with Crippen LogP contribution in [0, 0.1) is 12.7 Å². The summed E-state index contributed by atoms with van der Waals surface area (Å²) >= 11 is 0. The molecule has 0 aliphatic rings. The van der Waals surface area contributed by atoms with Crippen molar-refractivity contribution in [2.75, 3.05) is 0 Å².